The lowest BCUT2D eigenvalue weighted by atomic mass is 10.1. The number of hydrogen-bond donors (Lipinski definition) is 0. The highest BCUT2D eigenvalue weighted by atomic mass is 32.2. The van der Waals surface area contributed by atoms with Crippen molar-refractivity contribution in [1.82, 2.24) is 4.57 Å². The van der Waals surface area contributed by atoms with E-state index < -0.39 is 15.6 Å². The first-order chi connectivity index (χ1) is 13.8. The molecule has 0 unspecified atom stereocenters. The molecule has 0 saturated carbocycles. The standard InChI is InChI=1S/C18H25N2OS.CHF3O3S/c1-4-5-16-6-8-17(9-7-16)10-11-20-13-12-19(3)18(20)22-14-15(2)21;2-1(3,4)8(5,6)7/h6-9,12-13H,4-5,10-11,14H2,1-3H3;(H,5,6,7)/q+1;/p-1. The topological polar surface area (TPSA) is 83.1 Å². The van der Waals surface area contributed by atoms with E-state index in [9.17, 15) is 18.0 Å². The Bertz CT molecular complexity index is 924. The van der Waals surface area contributed by atoms with Crippen molar-refractivity contribution in [3.05, 3.63) is 47.8 Å². The monoisotopic (exact) mass is 466 g/mol. The van der Waals surface area contributed by atoms with Gasteiger partial charge in [0.2, 0.25) is 0 Å². The minimum atomic E-state index is -6.09. The number of alkyl halides is 3. The molecule has 0 N–H and O–H groups in total. The third-order valence-corrected chi connectivity index (χ3v) is 5.81. The third kappa shape index (κ3) is 8.88. The lowest BCUT2D eigenvalue weighted by Gasteiger charge is -2.08. The van der Waals surface area contributed by atoms with Gasteiger partial charge in [-0.1, -0.05) is 37.6 Å². The molecule has 6 nitrogen and oxygen atoms in total. The van der Waals surface area contributed by atoms with Gasteiger partial charge < -0.3 is 4.55 Å². The summed E-state index contributed by atoms with van der Waals surface area (Å²) in [5.74, 6) is 0.744. The van der Waals surface area contributed by atoms with Crippen LogP contribution in [0, 0.1) is 0 Å². The second-order valence-corrected chi connectivity index (χ2v) is 8.91. The second-order valence-electron chi connectivity index (χ2n) is 6.59. The highest BCUT2D eigenvalue weighted by Crippen LogP contribution is 2.20. The highest BCUT2D eigenvalue weighted by Gasteiger charge is 2.36. The molecule has 1 aromatic heterocycles. The number of imidazole rings is 1. The number of carbonyl (C=O) groups excluding carboxylic acids is 1. The molecule has 0 aliphatic rings. The van der Waals surface area contributed by atoms with Crippen LogP contribution in [-0.4, -0.2) is 34.6 Å². The number of carbonyl (C=O) groups is 1. The van der Waals surface area contributed by atoms with Crippen LogP contribution in [0.15, 0.2) is 41.8 Å². The molecule has 0 saturated heterocycles. The summed E-state index contributed by atoms with van der Waals surface area (Å²) in [5.41, 5.74) is -2.87. The summed E-state index contributed by atoms with van der Waals surface area (Å²) in [4.78, 5) is 11.2. The Morgan fingerprint density at radius 2 is 1.67 bits per heavy atom. The van der Waals surface area contributed by atoms with Gasteiger partial charge in [-0.2, -0.15) is 13.2 Å². The van der Waals surface area contributed by atoms with Crippen molar-refractivity contribution < 1.29 is 35.5 Å². The van der Waals surface area contributed by atoms with Crippen molar-refractivity contribution in [2.24, 2.45) is 7.05 Å². The van der Waals surface area contributed by atoms with Gasteiger partial charge in [0.1, 0.15) is 18.2 Å². The Kier molecular flexibility index (Phi) is 10.1. The minimum absolute atomic E-state index is 0.212. The summed E-state index contributed by atoms with van der Waals surface area (Å²) < 4.78 is 63.2. The SMILES string of the molecule is CCCc1ccc(CCn2cc[n+](C)c2SCC(C)=O)cc1.O=S(=O)([O-])C(F)(F)F. The van der Waals surface area contributed by atoms with Crippen molar-refractivity contribution in [2.45, 2.75) is 50.3 Å². The van der Waals surface area contributed by atoms with Crippen LogP contribution >= 0.6 is 11.8 Å². The molecular weight excluding hydrogens is 441 g/mol. The molecule has 0 amide bonds. The Labute approximate surface area is 178 Å². The van der Waals surface area contributed by atoms with Gasteiger partial charge >= 0.3 is 10.7 Å². The predicted octanol–water partition coefficient (Wildman–Crippen LogP) is 3.24. The minimum Gasteiger partial charge on any atom is -0.741 e. The van der Waals surface area contributed by atoms with Crippen LogP contribution in [0.3, 0.4) is 0 Å². The molecule has 0 radical (unpaired) electrons. The number of thioether (sulfide) groups is 1. The average Bonchev–Trinajstić information content (AvgIpc) is 2.98. The van der Waals surface area contributed by atoms with Crippen molar-refractivity contribution in [2.75, 3.05) is 5.75 Å². The zero-order valence-electron chi connectivity index (χ0n) is 17.0. The maximum absolute atomic E-state index is 11.2. The lowest BCUT2D eigenvalue weighted by Crippen LogP contribution is -2.29. The maximum atomic E-state index is 11.2. The zero-order valence-corrected chi connectivity index (χ0v) is 18.6. The molecule has 0 aliphatic carbocycles. The molecular formula is C19H25F3N2O4S2. The number of hydrogen-bond acceptors (Lipinski definition) is 5. The van der Waals surface area contributed by atoms with Crippen molar-refractivity contribution in [3.8, 4) is 0 Å². The summed E-state index contributed by atoms with van der Waals surface area (Å²) in [6.45, 7) is 4.78. The summed E-state index contributed by atoms with van der Waals surface area (Å²) in [6.07, 6.45) is 7.49. The molecule has 0 aliphatic heterocycles. The van der Waals surface area contributed by atoms with Crippen molar-refractivity contribution in [3.63, 3.8) is 0 Å². The number of benzene rings is 1. The maximum Gasteiger partial charge on any atom is 0.485 e. The highest BCUT2D eigenvalue weighted by molar-refractivity contribution is 7.99. The van der Waals surface area contributed by atoms with Crippen LogP contribution in [0.1, 0.15) is 31.4 Å². The molecule has 0 atom stereocenters. The first kappa shape index (κ1) is 26.2. The van der Waals surface area contributed by atoms with Crippen LogP contribution < -0.4 is 4.57 Å². The Balaban J connectivity index is 0.000000479. The average molecular weight is 467 g/mol. The van der Waals surface area contributed by atoms with E-state index >= 15 is 0 Å². The fraction of sp³-hybridized carbons (Fsp3) is 0.474. The Morgan fingerprint density at radius 3 is 2.10 bits per heavy atom. The van der Waals surface area contributed by atoms with E-state index in [1.165, 1.54) is 17.5 Å². The fourth-order valence-corrected chi connectivity index (χ4v) is 3.36. The smallest absolute Gasteiger partial charge is 0.485 e. The van der Waals surface area contributed by atoms with Crippen molar-refractivity contribution >= 4 is 27.7 Å². The first-order valence-electron chi connectivity index (χ1n) is 9.12. The molecule has 1 heterocycles. The van der Waals surface area contributed by atoms with Gasteiger partial charge in [-0.05, 0) is 36.2 Å². The summed E-state index contributed by atoms with van der Waals surface area (Å²) in [7, 11) is -4.06. The van der Waals surface area contributed by atoms with Gasteiger partial charge in [-0.25, -0.2) is 17.6 Å². The van der Waals surface area contributed by atoms with Gasteiger partial charge in [0.25, 0.3) is 0 Å². The largest absolute Gasteiger partial charge is 0.741 e. The van der Waals surface area contributed by atoms with Gasteiger partial charge in [0.15, 0.2) is 10.1 Å². The summed E-state index contributed by atoms with van der Waals surface area (Å²) >= 11 is 1.61. The molecule has 0 spiro atoms. The van der Waals surface area contributed by atoms with E-state index in [0.717, 1.165) is 24.5 Å². The van der Waals surface area contributed by atoms with Gasteiger partial charge in [-0.3, -0.25) is 4.79 Å². The third-order valence-electron chi connectivity index (χ3n) is 3.91. The Morgan fingerprint density at radius 1 is 1.17 bits per heavy atom. The molecule has 168 valence electrons. The number of aryl methyl sites for hydroxylation is 4. The fourth-order valence-electron chi connectivity index (χ4n) is 2.44. The number of halogens is 3. The second kappa shape index (κ2) is 11.5. The van der Waals surface area contributed by atoms with Crippen LogP contribution in [0.5, 0.6) is 0 Å². The zero-order chi connectivity index (χ0) is 22.9. The number of ketones is 1. The first-order valence-corrected chi connectivity index (χ1v) is 11.5. The Hall–Kier alpha value is -1.85. The molecule has 0 fully saturated rings. The van der Waals surface area contributed by atoms with Crippen LogP contribution in [0.25, 0.3) is 0 Å². The van der Waals surface area contributed by atoms with Crippen LogP contribution in [-0.2, 0) is 41.3 Å². The van der Waals surface area contributed by atoms with Gasteiger partial charge in [0.05, 0.1) is 19.3 Å². The van der Waals surface area contributed by atoms with E-state index in [-0.39, 0.29) is 5.78 Å². The molecule has 0 bridgehead atoms. The van der Waals surface area contributed by atoms with E-state index in [4.69, 9.17) is 13.0 Å². The number of aromatic nitrogens is 2. The molecule has 30 heavy (non-hydrogen) atoms. The lowest BCUT2D eigenvalue weighted by molar-refractivity contribution is -0.709. The number of rotatable bonds is 8. The molecule has 1 aromatic carbocycles. The quantitative estimate of drug-likeness (QED) is 0.258. The molecule has 11 heteroatoms. The van der Waals surface area contributed by atoms with Crippen LogP contribution in [0.2, 0.25) is 0 Å². The number of nitrogens with zero attached hydrogens (tertiary/aromatic N) is 2. The normalized spacial score (nSPS) is 11.7. The van der Waals surface area contributed by atoms with E-state index in [0.29, 0.717) is 5.75 Å². The van der Waals surface area contributed by atoms with Gasteiger partial charge in [-0.15, -0.1) is 0 Å². The van der Waals surface area contributed by atoms with Gasteiger partial charge in [0, 0.05) is 6.42 Å². The summed E-state index contributed by atoms with van der Waals surface area (Å²) in [5, 5.41) is 1.14. The van der Waals surface area contributed by atoms with E-state index in [1.807, 2.05) is 13.2 Å². The van der Waals surface area contributed by atoms with E-state index in [1.54, 1.807) is 18.7 Å². The van der Waals surface area contributed by atoms with Crippen LogP contribution in [0.4, 0.5) is 13.2 Å². The molecule has 2 rings (SSSR count). The molecule has 2 aromatic rings. The summed E-state index contributed by atoms with van der Waals surface area (Å²) in [6, 6.07) is 8.94. The predicted molar refractivity (Wildman–Crippen MR) is 107 cm³/mol. The van der Waals surface area contributed by atoms with E-state index in [2.05, 4.69) is 46.5 Å². The number of Topliss-reactive ketones (excluding diaryl/α,β-unsaturated/α-hetero) is 1. The van der Waals surface area contributed by atoms with Crippen molar-refractivity contribution in [1.29, 1.82) is 0 Å².